The summed E-state index contributed by atoms with van der Waals surface area (Å²) in [4.78, 5) is 23.8. The average molecular weight is 438 g/mol. The molecule has 0 unspecified atom stereocenters. The molecule has 0 spiro atoms. The van der Waals surface area contributed by atoms with E-state index >= 15 is 0 Å². The Morgan fingerprint density at radius 2 is 1.71 bits per heavy atom. The van der Waals surface area contributed by atoms with Crippen molar-refractivity contribution in [1.82, 2.24) is 9.78 Å². The summed E-state index contributed by atoms with van der Waals surface area (Å²) in [6, 6.07) is 11.7. The first-order valence-electron chi connectivity index (χ1n) is 7.87. The van der Waals surface area contributed by atoms with E-state index in [9.17, 15) is 18.0 Å². The summed E-state index contributed by atoms with van der Waals surface area (Å²) in [5.41, 5.74) is 0.126. The van der Waals surface area contributed by atoms with Crippen LogP contribution in [0.1, 0.15) is 17.3 Å². The fourth-order valence-corrected chi connectivity index (χ4v) is 3.78. The number of carbonyl (C=O) groups is 1. The minimum atomic E-state index is -3.95. The number of aromatic nitrogens is 2. The molecule has 0 amide bonds. The average Bonchev–Trinajstić information content (AvgIpc) is 2.66. The third-order valence-corrected chi connectivity index (χ3v) is 5.95. The first kappa shape index (κ1) is 20.1. The van der Waals surface area contributed by atoms with Gasteiger partial charge in [-0.25, -0.2) is 8.42 Å². The van der Waals surface area contributed by atoms with Crippen LogP contribution in [0.25, 0.3) is 5.69 Å². The zero-order chi connectivity index (χ0) is 20.5. The number of nitrogens with zero attached hydrogens (tertiary/aromatic N) is 2. The first-order valence-corrected chi connectivity index (χ1v) is 10.1. The van der Waals surface area contributed by atoms with E-state index in [-0.39, 0.29) is 32.0 Å². The second-order valence-electron chi connectivity index (χ2n) is 5.72. The maximum Gasteiger partial charge on any atom is 0.291 e. The molecule has 10 heteroatoms. The van der Waals surface area contributed by atoms with Gasteiger partial charge in [0.1, 0.15) is 5.02 Å². The Kier molecular flexibility index (Phi) is 5.55. The molecular weight excluding hydrogens is 425 g/mol. The molecule has 0 bridgehead atoms. The lowest BCUT2D eigenvalue weighted by atomic mass is 10.1. The molecule has 7 nitrogen and oxygen atoms in total. The van der Waals surface area contributed by atoms with Crippen molar-refractivity contribution in [3.63, 3.8) is 0 Å². The lowest BCUT2D eigenvalue weighted by Gasteiger charge is -2.12. The SMILES string of the molecule is CC(=O)c1ccccc1NS(=O)(=O)c1ccc(-n2ncc(Cl)c(Cl)c2=O)cc1. The first-order chi connectivity index (χ1) is 13.2. The van der Waals surface area contributed by atoms with Gasteiger partial charge in [-0.2, -0.15) is 9.78 Å². The molecule has 0 atom stereocenters. The van der Waals surface area contributed by atoms with Crippen molar-refractivity contribution in [2.45, 2.75) is 11.8 Å². The van der Waals surface area contributed by atoms with Gasteiger partial charge in [0.2, 0.25) is 0 Å². The Morgan fingerprint density at radius 3 is 2.36 bits per heavy atom. The Morgan fingerprint density at radius 1 is 1.07 bits per heavy atom. The Bertz CT molecular complexity index is 1220. The molecule has 1 aromatic heterocycles. The summed E-state index contributed by atoms with van der Waals surface area (Å²) in [6.07, 6.45) is 1.22. The minimum absolute atomic E-state index is 0.0236. The lowest BCUT2D eigenvalue weighted by molar-refractivity contribution is 0.101. The number of ketones is 1. The number of hydrogen-bond acceptors (Lipinski definition) is 5. The summed E-state index contributed by atoms with van der Waals surface area (Å²) < 4.78 is 28.7. The van der Waals surface area contributed by atoms with E-state index in [0.29, 0.717) is 5.69 Å². The number of sulfonamides is 1. The molecule has 3 rings (SSSR count). The second-order valence-corrected chi connectivity index (χ2v) is 8.19. The number of benzene rings is 2. The lowest BCUT2D eigenvalue weighted by Crippen LogP contribution is -2.21. The molecular formula is C18H13Cl2N3O4S. The highest BCUT2D eigenvalue weighted by molar-refractivity contribution is 7.92. The van der Waals surface area contributed by atoms with Gasteiger partial charge in [0, 0.05) is 5.56 Å². The van der Waals surface area contributed by atoms with Gasteiger partial charge in [0.15, 0.2) is 5.78 Å². The van der Waals surface area contributed by atoms with E-state index in [1.54, 1.807) is 12.1 Å². The van der Waals surface area contributed by atoms with Crippen LogP contribution in [0.15, 0.2) is 64.4 Å². The molecule has 144 valence electrons. The maximum absolute atomic E-state index is 12.6. The van der Waals surface area contributed by atoms with Crippen LogP contribution in [0.5, 0.6) is 0 Å². The number of rotatable bonds is 5. The molecule has 0 saturated heterocycles. The normalized spacial score (nSPS) is 11.2. The van der Waals surface area contributed by atoms with Crippen molar-refractivity contribution in [3.05, 3.63) is 80.7 Å². The molecule has 3 aromatic rings. The number of Topliss-reactive ketones (excluding diaryl/α,β-unsaturated/α-hetero) is 1. The van der Waals surface area contributed by atoms with Crippen molar-refractivity contribution >= 4 is 44.7 Å². The summed E-state index contributed by atoms with van der Waals surface area (Å²) in [5.74, 6) is -0.265. The smallest absolute Gasteiger partial charge is 0.291 e. The highest BCUT2D eigenvalue weighted by Gasteiger charge is 2.18. The van der Waals surface area contributed by atoms with E-state index in [1.807, 2.05) is 0 Å². The summed E-state index contributed by atoms with van der Waals surface area (Å²) in [7, 11) is -3.95. The Balaban J connectivity index is 1.94. The molecule has 0 aliphatic carbocycles. The van der Waals surface area contributed by atoms with Gasteiger partial charge in [0.05, 0.1) is 27.5 Å². The van der Waals surface area contributed by atoms with E-state index in [2.05, 4.69) is 9.82 Å². The quantitative estimate of drug-likeness (QED) is 0.615. The highest BCUT2D eigenvalue weighted by Crippen LogP contribution is 2.22. The minimum Gasteiger partial charge on any atom is -0.294 e. The van der Waals surface area contributed by atoms with Crippen molar-refractivity contribution < 1.29 is 13.2 Å². The standard InChI is InChI=1S/C18H13Cl2N3O4S/c1-11(24)14-4-2-3-5-16(14)22-28(26,27)13-8-6-12(7-9-13)23-18(25)17(20)15(19)10-21-23/h2-10,22H,1H3. The Hall–Kier alpha value is -2.68. The number of para-hydroxylation sites is 1. The number of halogens is 2. The van der Waals surface area contributed by atoms with Crippen molar-refractivity contribution in [2.75, 3.05) is 4.72 Å². The van der Waals surface area contributed by atoms with Crippen LogP contribution in [0.3, 0.4) is 0 Å². The molecule has 0 aliphatic heterocycles. The van der Waals surface area contributed by atoms with Gasteiger partial charge >= 0.3 is 0 Å². The molecule has 1 N–H and O–H groups in total. The topological polar surface area (TPSA) is 98.1 Å². The van der Waals surface area contributed by atoms with Crippen molar-refractivity contribution in [2.24, 2.45) is 0 Å². The van der Waals surface area contributed by atoms with Gasteiger partial charge in [-0.3, -0.25) is 14.3 Å². The number of carbonyl (C=O) groups excluding carboxylic acids is 1. The second kappa shape index (κ2) is 7.75. The zero-order valence-corrected chi connectivity index (χ0v) is 16.7. The summed E-state index contributed by atoms with van der Waals surface area (Å²) >= 11 is 11.6. The van der Waals surface area contributed by atoms with Crippen molar-refractivity contribution in [3.8, 4) is 5.69 Å². The number of hydrogen-bond donors (Lipinski definition) is 1. The zero-order valence-electron chi connectivity index (χ0n) is 14.4. The van der Waals surface area contributed by atoms with Crippen LogP contribution in [-0.4, -0.2) is 24.0 Å². The van der Waals surface area contributed by atoms with Crippen LogP contribution in [0, 0.1) is 0 Å². The van der Waals surface area contributed by atoms with Gasteiger partial charge in [-0.15, -0.1) is 0 Å². The molecule has 0 fully saturated rings. The van der Waals surface area contributed by atoms with Gasteiger partial charge in [-0.1, -0.05) is 35.3 Å². The molecule has 0 aliphatic rings. The molecule has 28 heavy (non-hydrogen) atoms. The molecule has 0 radical (unpaired) electrons. The van der Waals surface area contributed by atoms with E-state index in [1.165, 1.54) is 49.5 Å². The third-order valence-electron chi connectivity index (χ3n) is 3.82. The number of nitrogens with one attached hydrogen (secondary N) is 1. The highest BCUT2D eigenvalue weighted by atomic mass is 35.5. The fraction of sp³-hybridized carbons (Fsp3) is 0.0556. The van der Waals surface area contributed by atoms with Gasteiger partial charge < -0.3 is 0 Å². The van der Waals surface area contributed by atoms with Crippen LogP contribution >= 0.6 is 23.2 Å². The van der Waals surface area contributed by atoms with E-state index < -0.39 is 15.6 Å². The van der Waals surface area contributed by atoms with E-state index in [4.69, 9.17) is 23.2 Å². The number of anilines is 1. The third kappa shape index (κ3) is 3.94. The summed E-state index contributed by atoms with van der Waals surface area (Å²) in [5, 5.41) is 3.72. The van der Waals surface area contributed by atoms with Crippen molar-refractivity contribution in [1.29, 1.82) is 0 Å². The molecule has 0 saturated carbocycles. The predicted octanol–water partition coefficient (Wildman–Crippen LogP) is 3.54. The van der Waals surface area contributed by atoms with E-state index in [0.717, 1.165) is 4.68 Å². The largest absolute Gasteiger partial charge is 0.294 e. The fourth-order valence-electron chi connectivity index (χ4n) is 2.45. The summed E-state index contributed by atoms with van der Waals surface area (Å²) in [6.45, 7) is 1.35. The maximum atomic E-state index is 12.6. The van der Waals surface area contributed by atoms with Crippen LogP contribution in [-0.2, 0) is 10.0 Å². The van der Waals surface area contributed by atoms with Gasteiger partial charge in [-0.05, 0) is 43.3 Å². The van der Waals surface area contributed by atoms with Crippen LogP contribution in [0.2, 0.25) is 10.0 Å². The van der Waals surface area contributed by atoms with Gasteiger partial charge in [0.25, 0.3) is 15.6 Å². The monoisotopic (exact) mass is 437 g/mol. The predicted molar refractivity (Wildman–Crippen MR) is 107 cm³/mol. The van der Waals surface area contributed by atoms with Crippen LogP contribution < -0.4 is 10.3 Å². The Labute approximate surface area is 170 Å². The molecule has 1 heterocycles. The van der Waals surface area contributed by atoms with Crippen LogP contribution in [0.4, 0.5) is 5.69 Å². The molecule has 2 aromatic carbocycles.